The van der Waals surface area contributed by atoms with Crippen LogP contribution in [0.15, 0.2) is 40.6 Å². The quantitative estimate of drug-likeness (QED) is 0.664. The molecule has 1 aromatic heterocycles. The lowest BCUT2D eigenvalue weighted by Gasteiger charge is -2.32. The van der Waals surface area contributed by atoms with Gasteiger partial charge in [0.2, 0.25) is 11.8 Å². The van der Waals surface area contributed by atoms with Crippen LogP contribution in [0.4, 0.5) is 0 Å². The van der Waals surface area contributed by atoms with Crippen LogP contribution in [-0.2, 0) is 19.6 Å². The summed E-state index contributed by atoms with van der Waals surface area (Å²) in [5, 5.41) is 10.0. The molecule has 2 aromatic rings. The van der Waals surface area contributed by atoms with E-state index in [9.17, 15) is 23.1 Å². The van der Waals surface area contributed by atoms with E-state index in [2.05, 4.69) is 4.72 Å². The van der Waals surface area contributed by atoms with E-state index >= 15 is 0 Å². The molecule has 0 spiro atoms. The van der Waals surface area contributed by atoms with Gasteiger partial charge in [0.1, 0.15) is 22.0 Å². The van der Waals surface area contributed by atoms with Gasteiger partial charge in [-0.25, -0.2) is 8.42 Å². The average molecular weight is 478 g/mol. The van der Waals surface area contributed by atoms with E-state index < -0.39 is 22.1 Å². The summed E-state index contributed by atoms with van der Waals surface area (Å²) in [7, 11) is -3.92. The number of hydrogen-bond donors (Lipinski definition) is 2. The van der Waals surface area contributed by atoms with Crippen molar-refractivity contribution in [1.82, 2.24) is 14.5 Å². The van der Waals surface area contributed by atoms with Crippen LogP contribution < -0.4 is 4.72 Å². The summed E-state index contributed by atoms with van der Waals surface area (Å²) in [6, 6.07) is 8.31. The van der Waals surface area contributed by atoms with Crippen LogP contribution >= 0.6 is 11.3 Å². The molecular formula is C22H27N3O5S2. The highest BCUT2D eigenvalue weighted by molar-refractivity contribution is 7.91. The molecule has 2 saturated heterocycles. The van der Waals surface area contributed by atoms with E-state index in [4.69, 9.17) is 0 Å². The average Bonchev–Trinajstić information content (AvgIpc) is 3.42. The second kappa shape index (κ2) is 9.21. The number of hydrogen-bond acceptors (Lipinski definition) is 6. The maximum atomic E-state index is 12.9. The first-order valence-corrected chi connectivity index (χ1v) is 13.1. The number of aromatic hydroxyl groups is 1. The minimum atomic E-state index is -3.92. The second-order valence-corrected chi connectivity index (χ2v) is 11.2. The summed E-state index contributed by atoms with van der Waals surface area (Å²) in [6.07, 6.45) is 3.36. The summed E-state index contributed by atoms with van der Waals surface area (Å²) in [4.78, 5) is 29.6. The molecule has 0 bridgehead atoms. The Morgan fingerprint density at radius 2 is 1.84 bits per heavy atom. The Bertz CT molecular complexity index is 1110. The third kappa shape index (κ3) is 4.53. The Morgan fingerprint density at radius 3 is 2.56 bits per heavy atom. The minimum absolute atomic E-state index is 0.0689. The van der Waals surface area contributed by atoms with Gasteiger partial charge in [0.05, 0.1) is 0 Å². The number of rotatable bonds is 6. The first kappa shape index (κ1) is 22.8. The maximum Gasteiger partial charge on any atom is 0.250 e. The van der Waals surface area contributed by atoms with Crippen molar-refractivity contribution >= 4 is 33.2 Å². The molecule has 2 fully saturated rings. The van der Waals surface area contributed by atoms with Crippen LogP contribution in [0.25, 0.3) is 10.4 Å². The van der Waals surface area contributed by atoms with Crippen molar-refractivity contribution in [1.29, 1.82) is 0 Å². The highest BCUT2D eigenvalue weighted by atomic mass is 32.2. The third-order valence-corrected chi connectivity index (χ3v) is 9.13. The van der Waals surface area contributed by atoms with Crippen LogP contribution in [0, 0.1) is 0 Å². The van der Waals surface area contributed by atoms with Gasteiger partial charge in [-0.15, -0.1) is 11.3 Å². The largest absolute Gasteiger partial charge is 0.507 e. The number of carbonyl (C=O) groups is 2. The molecule has 32 heavy (non-hydrogen) atoms. The first-order chi connectivity index (χ1) is 15.3. The maximum absolute atomic E-state index is 12.9. The van der Waals surface area contributed by atoms with Crippen molar-refractivity contribution in [2.75, 3.05) is 19.6 Å². The van der Waals surface area contributed by atoms with Crippen molar-refractivity contribution in [2.45, 2.75) is 48.9 Å². The topological polar surface area (TPSA) is 107 Å². The second-order valence-electron chi connectivity index (χ2n) is 8.19. The minimum Gasteiger partial charge on any atom is -0.507 e. The first-order valence-electron chi connectivity index (χ1n) is 10.8. The lowest BCUT2D eigenvalue weighted by atomic mass is 10.1. The molecule has 4 rings (SSSR count). The van der Waals surface area contributed by atoms with Gasteiger partial charge in [-0.05, 0) is 56.9 Å². The van der Waals surface area contributed by atoms with E-state index in [-0.39, 0.29) is 21.8 Å². The Labute approximate surface area is 191 Å². The molecule has 2 atom stereocenters. The number of likely N-dealkylation sites (tertiary alicyclic amines) is 2. The molecule has 0 saturated carbocycles. The van der Waals surface area contributed by atoms with Crippen LogP contribution in [-0.4, -0.2) is 66.9 Å². The zero-order chi connectivity index (χ0) is 22.9. The molecule has 0 radical (unpaired) electrons. The van der Waals surface area contributed by atoms with Gasteiger partial charge in [-0.2, -0.15) is 4.72 Å². The number of piperidine rings is 1. The summed E-state index contributed by atoms with van der Waals surface area (Å²) in [6.45, 7) is 3.46. The van der Waals surface area contributed by atoms with E-state index in [1.54, 1.807) is 42.2 Å². The normalized spacial score (nSPS) is 20.5. The summed E-state index contributed by atoms with van der Waals surface area (Å²) in [5.41, 5.74) is 0.548. The molecule has 1 aromatic carbocycles. The lowest BCUT2D eigenvalue weighted by molar-refractivity contribution is -0.143. The number of carbonyl (C=O) groups excluding carboxylic acids is 2. The Balaban J connectivity index is 1.43. The van der Waals surface area contributed by atoms with Gasteiger partial charge < -0.3 is 14.9 Å². The van der Waals surface area contributed by atoms with Crippen molar-refractivity contribution in [3.63, 3.8) is 0 Å². The summed E-state index contributed by atoms with van der Waals surface area (Å²) in [5.74, 6) is -0.378. The van der Waals surface area contributed by atoms with E-state index in [1.165, 1.54) is 11.0 Å². The number of nitrogens with one attached hydrogen (secondary N) is 1. The molecule has 2 N–H and O–H groups in total. The highest BCUT2D eigenvalue weighted by Crippen LogP contribution is 2.35. The fourth-order valence-electron chi connectivity index (χ4n) is 4.24. The number of benzene rings is 1. The van der Waals surface area contributed by atoms with Gasteiger partial charge in [0, 0.05) is 30.1 Å². The van der Waals surface area contributed by atoms with E-state index in [0.29, 0.717) is 36.5 Å². The summed E-state index contributed by atoms with van der Waals surface area (Å²) < 4.78 is 28.4. The number of phenolic OH excluding ortho intramolecular Hbond substituents is 1. The van der Waals surface area contributed by atoms with Gasteiger partial charge in [-0.3, -0.25) is 9.59 Å². The van der Waals surface area contributed by atoms with Crippen molar-refractivity contribution in [2.24, 2.45) is 0 Å². The Kier molecular flexibility index (Phi) is 6.55. The van der Waals surface area contributed by atoms with Gasteiger partial charge >= 0.3 is 0 Å². The predicted molar refractivity (Wildman–Crippen MR) is 122 cm³/mol. The molecule has 0 aliphatic carbocycles. The Hall–Kier alpha value is -2.43. The van der Waals surface area contributed by atoms with Crippen molar-refractivity contribution in [3.8, 4) is 16.2 Å². The molecular weight excluding hydrogens is 450 g/mol. The zero-order valence-corrected chi connectivity index (χ0v) is 19.5. The molecule has 10 heteroatoms. The number of nitrogens with zero attached hydrogens (tertiary/aromatic N) is 2. The molecule has 3 heterocycles. The number of sulfonamides is 1. The third-order valence-electron chi connectivity index (χ3n) is 6.05. The van der Waals surface area contributed by atoms with Crippen LogP contribution in [0.1, 0.15) is 32.6 Å². The van der Waals surface area contributed by atoms with E-state index in [0.717, 1.165) is 30.6 Å². The van der Waals surface area contributed by atoms with Crippen molar-refractivity contribution < 1.29 is 23.1 Å². The molecule has 2 amide bonds. The molecule has 2 aliphatic rings. The number of para-hydroxylation sites is 1. The van der Waals surface area contributed by atoms with Crippen LogP contribution in [0.5, 0.6) is 5.75 Å². The van der Waals surface area contributed by atoms with Gasteiger partial charge in [-0.1, -0.05) is 12.1 Å². The standard InChI is InChI=1S/C22H27N3O5S2/c1-15(21(27)24-12-5-2-6-13-24)25-14-11-17(22(25)28)23-32(29,30)20-10-9-19(31-20)16-7-3-4-8-18(16)26/h3-4,7-10,15,17,23,26H,2,5-6,11-14H2,1H3. The molecule has 2 unspecified atom stereocenters. The monoisotopic (exact) mass is 477 g/mol. The molecule has 2 aliphatic heterocycles. The van der Waals surface area contributed by atoms with Crippen LogP contribution in [0.3, 0.4) is 0 Å². The van der Waals surface area contributed by atoms with Crippen LogP contribution in [0.2, 0.25) is 0 Å². The fourth-order valence-corrected chi connectivity index (χ4v) is 6.82. The SMILES string of the molecule is CC(C(=O)N1CCCCC1)N1CCC(NS(=O)(=O)c2ccc(-c3ccccc3O)s2)C1=O. The molecule has 172 valence electrons. The van der Waals surface area contributed by atoms with E-state index in [1.807, 2.05) is 0 Å². The van der Waals surface area contributed by atoms with Crippen molar-refractivity contribution in [3.05, 3.63) is 36.4 Å². The fraction of sp³-hybridized carbons (Fsp3) is 0.455. The van der Waals surface area contributed by atoms with Gasteiger partial charge in [0.15, 0.2) is 0 Å². The lowest BCUT2D eigenvalue weighted by Crippen LogP contribution is -2.51. The van der Waals surface area contributed by atoms with Gasteiger partial charge in [0.25, 0.3) is 10.0 Å². The highest BCUT2D eigenvalue weighted by Gasteiger charge is 2.40. The summed E-state index contributed by atoms with van der Waals surface area (Å²) >= 11 is 1.03. The molecule has 8 nitrogen and oxygen atoms in total. The smallest absolute Gasteiger partial charge is 0.250 e. The zero-order valence-electron chi connectivity index (χ0n) is 17.9. The predicted octanol–water partition coefficient (Wildman–Crippen LogP) is 2.40. The Morgan fingerprint density at radius 1 is 1.12 bits per heavy atom. The number of thiophene rings is 1. The number of amides is 2. The number of phenols is 1.